The molecule has 0 aromatic carbocycles. The first kappa shape index (κ1) is 11.6. The fourth-order valence-electron chi connectivity index (χ4n) is 2.30. The number of H-pyrrole nitrogens is 2. The van der Waals surface area contributed by atoms with Crippen LogP contribution in [0.25, 0.3) is 11.2 Å². The Morgan fingerprint density at radius 2 is 2.28 bits per heavy atom. The zero-order valence-corrected chi connectivity index (χ0v) is 10.8. The van der Waals surface area contributed by atoms with E-state index in [9.17, 15) is 9.59 Å². The van der Waals surface area contributed by atoms with Crippen LogP contribution in [0.2, 0.25) is 0 Å². The Bertz CT molecular complexity index is 693. The van der Waals surface area contributed by atoms with Gasteiger partial charge in [-0.05, 0) is 19.1 Å². The quantitative estimate of drug-likeness (QED) is 0.836. The number of aryl methyl sites for hydroxylation is 1. The normalized spacial score (nSPS) is 19.7. The van der Waals surface area contributed by atoms with Gasteiger partial charge in [0.15, 0.2) is 5.65 Å². The molecule has 1 unspecified atom stereocenters. The molecule has 2 N–H and O–H groups in total. The highest BCUT2D eigenvalue weighted by atomic mass is 32.2. The molecule has 1 aliphatic rings. The zero-order chi connectivity index (χ0) is 12.7. The fourth-order valence-corrected chi connectivity index (χ4v) is 3.52. The van der Waals surface area contributed by atoms with Crippen molar-refractivity contribution in [3.8, 4) is 0 Å². The second-order valence-electron chi connectivity index (χ2n) is 4.38. The number of fused-ring (bicyclic) bond motifs is 1. The lowest BCUT2D eigenvalue weighted by atomic mass is 10.1. The average Bonchev–Trinajstić information content (AvgIpc) is 2.97. The maximum absolute atomic E-state index is 11.8. The molecule has 1 aliphatic heterocycles. The second kappa shape index (κ2) is 4.31. The van der Waals surface area contributed by atoms with Crippen molar-refractivity contribution in [3.05, 3.63) is 26.7 Å². The van der Waals surface area contributed by atoms with Gasteiger partial charge >= 0.3 is 5.69 Å². The summed E-state index contributed by atoms with van der Waals surface area (Å²) in [5.41, 5.74) is 0.0967. The van der Waals surface area contributed by atoms with E-state index in [0.717, 1.165) is 23.8 Å². The highest BCUT2D eigenvalue weighted by molar-refractivity contribution is 7.99. The zero-order valence-electron chi connectivity index (χ0n) is 10.0. The van der Waals surface area contributed by atoms with Gasteiger partial charge in [-0.1, -0.05) is 0 Å². The number of rotatable bonds is 2. The second-order valence-corrected chi connectivity index (χ2v) is 5.53. The minimum absolute atomic E-state index is 0.363. The van der Waals surface area contributed by atoms with Crippen molar-refractivity contribution < 1.29 is 0 Å². The monoisotopic (exact) mass is 266 g/mol. The molecule has 1 saturated heterocycles. The summed E-state index contributed by atoms with van der Waals surface area (Å²) in [7, 11) is 0. The van der Waals surface area contributed by atoms with Crippen LogP contribution in [0.15, 0.2) is 9.59 Å². The Balaban J connectivity index is 2.24. The first-order valence-electron chi connectivity index (χ1n) is 6.01. The van der Waals surface area contributed by atoms with Crippen molar-refractivity contribution in [2.24, 2.45) is 0 Å². The molecule has 18 heavy (non-hydrogen) atoms. The lowest BCUT2D eigenvalue weighted by Gasteiger charge is -2.02. The first-order chi connectivity index (χ1) is 8.70. The summed E-state index contributed by atoms with van der Waals surface area (Å²) in [4.78, 5) is 33.3. The van der Waals surface area contributed by atoms with Gasteiger partial charge in [0.1, 0.15) is 11.3 Å². The molecule has 96 valence electrons. The molecule has 0 spiro atoms. The lowest BCUT2D eigenvalue weighted by molar-refractivity contribution is 0.709. The van der Waals surface area contributed by atoms with E-state index in [1.807, 2.05) is 18.7 Å². The summed E-state index contributed by atoms with van der Waals surface area (Å²) < 4.78 is 1.48. The van der Waals surface area contributed by atoms with Gasteiger partial charge in [0, 0.05) is 18.2 Å². The van der Waals surface area contributed by atoms with E-state index in [0.29, 0.717) is 23.6 Å². The van der Waals surface area contributed by atoms with Crippen molar-refractivity contribution in [3.63, 3.8) is 0 Å². The standard InChI is InChI=1S/C11H14N4O2S/c1-2-15-9-7(10(16)14-11(15)17)12-8(13-9)6-3-4-18-5-6/h6H,2-5H2,1H3,(H,12,13)(H,14,16,17). The van der Waals surface area contributed by atoms with E-state index in [4.69, 9.17) is 0 Å². The van der Waals surface area contributed by atoms with Crippen molar-refractivity contribution in [2.75, 3.05) is 11.5 Å². The molecule has 0 radical (unpaired) electrons. The molecule has 0 saturated carbocycles. The van der Waals surface area contributed by atoms with Crippen LogP contribution in [-0.4, -0.2) is 31.0 Å². The predicted molar refractivity (Wildman–Crippen MR) is 71.3 cm³/mol. The van der Waals surface area contributed by atoms with Gasteiger partial charge in [-0.25, -0.2) is 9.78 Å². The van der Waals surface area contributed by atoms with Gasteiger partial charge in [0.05, 0.1) is 0 Å². The van der Waals surface area contributed by atoms with E-state index < -0.39 is 5.69 Å². The summed E-state index contributed by atoms with van der Waals surface area (Å²) >= 11 is 1.89. The molecule has 1 fully saturated rings. The number of thioether (sulfide) groups is 1. The summed E-state index contributed by atoms with van der Waals surface area (Å²) in [6.07, 6.45) is 1.07. The Morgan fingerprint density at radius 1 is 1.44 bits per heavy atom. The van der Waals surface area contributed by atoms with E-state index in [2.05, 4.69) is 15.0 Å². The Hall–Kier alpha value is -1.50. The van der Waals surface area contributed by atoms with Gasteiger partial charge in [0.2, 0.25) is 0 Å². The summed E-state index contributed by atoms with van der Waals surface area (Å²) in [6, 6.07) is 0. The third-order valence-electron chi connectivity index (χ3n) is 3.28. The fraction of sp³-hybridized carbons (Fsp3) is 0.545. The smallest absolute Gasteiger partial charge is 0.330 e. The molecule has 2 aromatic heterocycles. The van der Waals surface area contributed by atoms with Crippen molar-refractivity contribution in [1.82, 2.24) is 19.5 Å². The van der Waals surface area contributed by atoms with Crippen molar-refractivity contribution >= 4 is 22.9 Å². The third-order valence-corrected chi connectivity index (χ3v) is 4.45. The number of imidazole rings is 1. The van der Waals surface area contributed by atoms with E-state index in [1.54, 1.807) is 0 Å². The Morgan fingerprint density at radius 3 is 2.94 bits per heavy atom. The molecule has 0 amide bonds. The van der Waals surface area contributed by atoms with E-state index in [-0.39, 0.29) is 5.56 Å². The van der Waals surface area contributed by atoms with Crippen LogP contribution in [0.5, 0.6) is 0 Å². The van der Waals surface area contributed by atoms with E-state index >= 15 is 0 Å². The van der Waals surface area contributed by atoms with Crippen LogP contribution in [0.3, 0.4) is 0 Å². The summed E-state index contributed by atoms with van der Waals surface area (Å²) in [5, 5.41) is 0. The SMILES string of the molecule is CCn1c(=O)[nH]c(=O)c2[nH]c(C3CCSC3)nc21. The van der Waals surface area contributed by atoms with Gasteiger partial charge in [-0.2, -0.15) is 11.8 Å². The molecule has 1 atom stereocenters. The Labute approximate surface area is 107 Å². The molecular formula is C11H14N4O2S. The van der Waals surface area contributed by atoms with Gasteiger partial charge in [-0.15, -0.1) is 0 Å². The number of nitrogens with zero attached hydrogens (tertiary/aromatic N) is 2. The van der Waals surface area contributed by atoms with E-state index in [1.165, 1.54) is 4.57 Å². The maximum Gasteiger partial charge on any atom is 0.330 e. The highest BCUT2D eigenvalue weighted by Gasteiger charge is 2.22. The molecule has 7 heteroatoms. The number of hydrogen-bond donors (Lipinski definition) is 2. The first-order valence-corrected chi connectivity index (χ1v) is 7.16. The van der Waals surface area contributed by atoms with Crippen LogP contribution in [0.4, 0.5) is 0 Å². The molecule has 0 bridgehead atoms. The van der Waals surface area contributed by atoms with Crippen LogP contribution in [0, 0.1) is 0 Å². The lowest BCUT2D eigenvalue weighted by Crippen LogP contribution is -2.29. The number of aromatic amines is 2. The number of hydrogen-bond acceptors (Lipinski definition) is 4. The maximum atomic E-state index is 11.8. The molecular weight excluding hydrogens is 252 g/mol. The minimum atomic E-state index is -0.395. The third kappa shape index (κ3) is 1.69. The van der Waals surface area contributed by atoms with Crippen LogP contribution < -0.4 is 11.2 Å². The van der Waals surface area contributed by atoms with Crippen molar-refractivity contribution in [2.45, 2.75) is 25.8 Å². The van der Waals surface area contributed by atoms with Gasteiger partial charge in [0.25, 0.3) is 5.56 Å². The van der Waals surface area contributed by atoms with Gasteiger partial charge < -0.3 is 4.98 Å². The average molecular weight is 266 g/mol. The molecule has 3 rings (SSSR count). The molecule has 3 heterocycles. The molecule has 2 aromatic rings. The summed E-state index contributed by atoms with van der Waals surface area (Å²) in [6.45, 7) is 2.36. The van der Waals surface area contributed by atoms with Gasteiger partial charge in [-0.3, -0.25) is 14.3 Å². The topological polar surface area (TPSA) is 83.5 Å². The van der Waals surface area contributed by atoms with Crippen LogP contribution in [-0.2, 0) is 6.54 Å². The van der Waals surface area contributed by atoms with Crippen molar-refractivity contribution in [1.29, 1.82) is 0 Å². The molecule has 0 aliphatic carbocycles. The number of nitrogens with one attached hydrogen (secondary N) is 2. The summed E-state index contributed by atoms with van der Waals surface area (Å²) in [5.74, 6) is 3.34. The van der Waals surface area contributed by atoms with Crippen LogP contribution in [0.1, 0.15) is 25.1 Å². The van der Waals surface area contributed by atoms with Crippen LogP contribution >= 0.6 is 11.8 Å². The minimum Gasteiger partial charge on any atom is -0.336 e. The molecule has 6 nitrogen and oxygen atoms in total. The highest BCUT2D eigenvalue weighted by Crippen LogP contribution is 2.31. The Kier molecular flexibility index (Phi) is 2.77. The largest absolute Gasteiger partial charge is 0.336 e. The number of aromatic nitrogens is 4. The predicted octanol–water partition coefficient (Wildman–Crippen LogP) is 0.653.